The van der Waals surface area contributed by atoms with Crippen molar-refractivity contribution in [1.82, 2.24) is 4.90 Å². The first-order valence-corrected chi connectivity index (χ1v) is 11.1. The predicted octanol–water partition coefficient (Wildman–Crippen LogP) is 2.51. The summed E-state index contributed by atoms with van der Waals surface area (Å²) in [6, 6.07) is 7.00. The summed E-state index contributed by atoms with van der Waals surface area (Å²) in [4.78, 5) is 26.4. The van der Waals surface area contributed by atoms with Gasteiger partial charge in [-0.2, -0.15) is 0 Å². The fraction of sp³-hybridized carbons (Fsp3) is 0.520. The van der Waals surface area contributed by atoms with Crippen LogP contribution in [0.5, 0.6) is 5.75 Å². The molecular weight excluding hydrogens is 410 g/mol. The number of allylic oxidation sites excluding steroid dienone is 1. The smallest absolute Gasteiger partial charge is 0.233 e. The van der Waals surface area contributed by atoms with Crippen molar-refractivity contribution in [3.05, 3.63) is 46.5 Å². The van der Waals surface area contributed by atoms with Gasteiger partial charge in [0, 0.05) is 20.1 Å². The highest BCUT2D eigenvalue weighted by Gasteiger charge is 2.53. The molecule has 0 spiro atoms. The number of hydrogen-bond donors (Lipinski definition) is 3. The van der Waals surface area contributed by atoms with Crippen LogP contribution in [0.25, 0.3) is 6.08 Å². The Labute approximate surface area is 189 Å². The number of benzene rings is 1. The molecule has 1 aromatic carbocycles. The second-order valence-electron chi connectivity index (χ2n) is 8.66. The number of carbonyl (C=O) groups excluding carboxylic acids is 2. The third-order valence-corrected chi connectivity index (χ3v) is 6.71. The average molecular weight is 444 g/mol. The Morgan fingerprint density at radius 2 is 2.06 bits per heavy atom. The van der Waals surface area contributed by atoms with Gasteiger partial charge in [-0.25, -0.2) is 0 Å². The standard InChI is InChI=1S/C25H33NO6/c1-4-15(10-16-6-5-7-18(28)11-16)8-9-21(29)22-17(14-32-3)12-19-23(20(22)13-27)25(31)26(2)24(19)30/h5-7,10-11,19-21,23,27-29H,4,8-9,12-14H2,1-3H3/b15-10+/t19-,20+,21-,23-/m1/s1. The zero-order chi connectivity index (χ0) is 23.4. The number of aliphatic hydroxyl groups excluding tert-OH is 2. The highest BCUT2D eigenvalue weighted by molar-refractivity contribution is 6.05. The van der Waals surface area contributed by atoms with Crippen LogP contribution in [0.1, 0.15) is 38.2 Å². The quantitative estimate of drug-likeness (QED) is 0.400. The van der Waals surface area contributed by atoms with Gasteiger partial charge in [0.1, 0.15) is 5.75 Å². The Hall–Kier alpha value is -2.48. The van der Waals surface area contributed by atoms with Crippen LogP contribution in [0, 0.1) is 17.8 Å². The number of carbonyl (C=O) groups is 2. The summed E-state index contributed by atoms with van der Waals surface area (Å²) in [5.41, 5.74) is 3.44. The normalized spacial score (nSPS) is 24.8. The number of fused-ring (bicyclic) bond motifs is 1. The predicted molar refractivity (Wildman–Crippen MR) is 120 cm³/mol. The molecule has 1 aromatic rings. The Kier molecular flexibility index (Phi) is 7.87. The minimum Gasteiger partial charge on any atom is -0.508 e. The Morgan fingerprint density at radius 1 is 1.31 bits per heavy atom. The van der Waals surface area contributed by atoms with Crippen LogP contribution in [0.2, 0.25) is 0 Å². The van der Waals surface area contributed by atoms with Crippen LogP contribution in [0.15, 0.2) is 41.0 Å². The maximum absolute atomic E-state index is 12.7. The van der Waals surface area contributed by atoms with E-state index in [4.69, 9.17) is 4.74 Å². The first kappa shape index (κ1) is 24.2. The summed E-state index contributed by atoms with van der Waals surface area (Å²) in [7, 11) is 3.03. The summed E-state index contributed by atoms with van der Waals surface area (Å²) in [5.74, 6) is -2.08. The van der Waals surface area contributed by atoms with Crippen molar-refractivity contribution in [2.24, 2.45) is 17.8 Å². The van der Waals surface area contributed by atoms with Crippen LogP contribution in [0.4, 0.5) is 0 Å². The zero-order valence-electron chi connectivity index (χ0n) is 19.0. The van der Waals surface area contributed by atoms with E-state index in [2.05, 4.69) is 0 Å². The van der Waals surface area contributed by atoms with Crippen LogP contribution < -0.4 is 0 Å². The molecule has 0 unspecified atom stereocenters. The lowest BCUT2D eigenvalue weighted by Gasteiger charge is -2.36. The van der Waals surface area contributed by atoms with Gasteiger partial charge in [0.25, 0.3) is 0 Å². The number of amides is 2. The SMILES string of the molecule is CC/C(=C\c1cccc(O)c1)CC[C@@H](O)C1=C(COC)C[C@H]2C(=O)N(C)C(=O)[C@H]2[C@H]1CO. The summed E-state index contributed by atoms with van der Waals surface area (Å²) in [5, 5.41) is 31.0. The monoisotopic (exact) mass is 443 g/mol. The summed E-state index contributed by atoms with van der Waals surface area (Å²) in [6.45, 7) is 1.97. The van der Waals surface area contributed by atoms with E-state index in [9.17, 15) is 24.9 Å². The molecule has 7 nitrogen and oxygen atoms in total. The molecule has 32 heavy (non-hydrogen) atoms. The van der Waals surface area contributed by atoms with Crippen molar-refractivity contribution in [3.8, 4) is 5.75 Å². The van der Waals surface area contributed by atoms with E-state index in [0.29, 0.717) is 24.8 Å². The van der Waals surface area contributed by atoms with E-state index < -0.39 is 23.9 Å². The van der Waals surface area contributed by atoms with Gasteiger partial charge in [-0.1, -0.05) is 30.7 Å². The molecule has 4 atom stereocenters. The molecule has 7 heteroatoms. The minimum absolute atomic E-state index is 0.201. The first-order valence-electron chi connectivity index (χ1n) is 11.1. The van der Waals surface area contributed by atoms with E-state index in [1.54, 1.807) is 25.3 Å². The van der Waals surface area contributed by atoms with Gasteiger partial charge in [0.15, 0.2) is 0 Å². The van der Waals surface area contributed by atoms with Crippen molar-refractivity contribution in [3.63, 3.8) is 0 Å². The molecule has 1 fully saturated rings. The van der Waals surface area contributed by atoms with E-state index in [1.165, 1.54) is 7.05 Å². The molecule has 3 N–H and O–H groups in total. The molecule has 1 heterocycles. The van der Waals surface area contributed by atoms with Gasteiger partial charge >= 0.3 is 0 Å². The fourth-order valence-electron chi connectivity index (χ4n) is 5.10. The lowest BCUT2D eigenvalue weighted by molar-refractivity contribution is -0.138. The molecule has 0 aromatic heterocycles. The number of aromatic hydroxyl groups is 1. The number of phenolic OH excluding ortho intramolecular Hbond substituents is 1. The highest BCUT2D eigenvalue weighted by atomic mass is 16.5. The van der Waals surface area contributed by atoms with Crippen molar-refractivity contribution >= 4 is 17.9 Å². The van der Waals surface area contributed by atoms with E-state index in [1.807, 2.05) is 19.1 Å². The molecular formula is C25H33NO6. The fourth-order valence-corrected chi connectivity index (χ4v) is 5.10. The molecule has 2 amide bonds. The van der Waals surface area contributed by atoms with E-state index in [-0.39, 0.29) is 30.8 Å². The Bertz CT molecular complexity index is 921. The highest BCUT2D eigenvalue weighted by Crippen LogP contribution is 2.45. The van der Waals surface area contributed by atoms with E-state index in [0.717, 1.165) is 28.0 Å². The number of hydrogen-bond acceptors (Lipinski definition) is 6. The van der Waals surface area contributed by atoms with Crippen LogP contribution in [-0.2, 0) is 14.3 Å². The number of ether oxygens (including phenoxy) is 1. The third kappa shape index (κ3) is 4.80. The van der Waals surface area contributed by atoms with Crippen LogP contribution >= 0.6 is 0 Å². The van der Waals surface area contributed by atoms with Gasteiger partial charge in [-0.3, -0.25) is 14.5 Å². The molecule has 0 bridgehead atoms. The van der Waals surface area contributed by atoms with Crippen LogP contribution in [-0.4, -0.2) is 65.5 Å². The molecule has 0 saturated carbocycles. The number of likely N-dealkylation sites (tertiary alicyclic amines) is 1. The molecule has 3 rings (SSSR count). The summed E-state index contributed by atoms with van der Waals surface area (Å²) >= 11 is 0. The van der Waals surface area contributed by atoms with Crippen molar-refractivity contribution < 1.29 is 29.6 Å². The average Bonchev–Trinajstić information content (AvgIpc) is 2.99. The largest absolute Gasteiger partial charge is 0.508 e. The van der Waals surface area contributed by atoms with Crippen molar-refractivity contribution in [2.45, 2.75) is 38.7 Å². The first-order chi connectivity index (χ1) is 15.3. The van der Waals surface area contributed by atoms with Gasteiger partial charge in [0.2, 0.25) is 11.8 Å². The number of methoxy groups -OCH3 is 1. The minimum atomic E-state index is -0.855. The second-order valence-corrected chi connectivity index (χ2v) is 8.66. The number of nitrogens with zero attached hydrogens (tertiary/aromatic N) is 1. The van der Waals surface area contributed by atoms with Gasteiger partial charge in [0.05, 0.1) is 31.2 Å². The lowest BCUT2D eigenvalue weighted by Crippen LogP contribution is -2.39. The zero-order valence-corrected chi connectivity index (χ0v) is 19.0. The second kappa shape index (κ2) is 10.4. The molecule has 1 aliphatic carbocycles. The number of rotatable bonds is 9. The number of phenols is 1. The van der Waals surface area contributed by atoms with Crippen LogP contribution in [0.3, 0.4) is 0 Å². The Morgan fingerprint density at radius 3 is 2.69 bits per heavy atom. The molecule has 174 valence electrons. The Balaban J connectivity index is 1.84. The van der Waals surface area contributed by atoms with Gasteiger partial charge < -0.3 is 20.1 Å². The maximum Gasteiger partial charge on any atom is 0.233 e. The molecule has 0 radical (unpaired) electrons. The van der Waals surface area contributed by atoms with Crippen molar-refractivity contribution in [2.75, 3.05) is 27.4 Å². The van der Waals surface area contributed by atoms with Gasteiger partial charge in [-0.05, 0) is 54.5 Å². The summed E-state index contributed by atoms with van der Waals surface area (Å²) < 4.78 is 5.33. The number of imide groups is 1. The maximum atomic E-state index is 12.7. The van der Waals surface area contributed by atoms with Crippen molar-refractivity contribution in [1.29, 1.82) is 0 Å². The third-order valence-electron chi connectivity index (χ3n) is 6.71. The lowest BCUT2D eigenvalue weighted by atomic mass is 9.68. The summed E-state index contributed by atoms with van der Waals surface area (Å²) in [6.07, 6.45) is 3.34. The molecule has 1 aliphatic heterocycles. The topological polar surface area (TPSA) is 107 Å². The number of aliphatic hydroxyl groups is 2. The molecule has 2 aliphatic rings. The molecule has 1 saturated heterocycles. The van der Waals surface area contributed by atoms with E-state index >= 15 is 0 Å². The van der Waals surface area contributed by atoms with Gasteiger partial charge in [-0.15, -0.1) is 0 Å².